The van der Waals surface area contributed by atoms with E-state index >= 15 is 0 Å². The zero-order chi connectivity index (χ0) is 12.8. The average Bonchev–Trinajstić information content (AvgIpc) is 2.38. The van der Waals surface area contributed by atoms with Gasteiger partial charge in [0.15, 0.2) is 0 Å². The van der Waals surface area contributed by atoms with E-state index in [-0.39, 0.29) is 23.9 Å². The highest BCUT2D eigenvalue weighted by molar-refractivity contribution is 5.79. The molecule has 1 fully saturated rings. The summed E-state index contributed by atoms with van der Waals surface area (Å²) in [6, 6.07) is 0.404. The summed E-state index contributed by atoms with van der Waals surface area (Å²) in [4.78, 5) is 23.1. The molecule has 2 rings (SSSR count). The number of hydrogen-bond donors (Lipinski definition) is 4. The summed E-state index contributed by atoms with van der Waals surface area (Å²) in [5.41, 5.74) is 0. The third-order valence-electron chi connectivity index (χ3n) is 3.25. The van der Waals surface area contributed by atoms with Crippen LogP contribution in [-0.4, -0.2) is 50.1 Å². The van der Waals surface area contributed by atoms with Gasteiger partial charge in [0.2, 0.25) is 11.8 Å². The van der Waals surface area contributed by atoms with Crippen molar-refractivity contribution < 1.29 is 9.59 Å². The van der Waals surface area contributed by atoms with E-state index < -0.39 is 0 Å². The molecule has 1 saturated heterocycles. The van der Waals surface area contributed by atoms with Gasteiger partial charge in [-0.2, -0.15) is 0 Å². The second-order valence-electron chi connectivity index (χ2n) is 4.62. The molecule has 2 unspecified atom stereocenters. The fourth-order valence-electron chi connectivity index (χ4n) is 2.24. The fourth-order valence-corrected chi connectivity index (χ4v) is 2.24. The van der Waals surface area contributed by atoms with Crippen LogP contribution in [0.1, 0.15) is 12.8 Å². The number of amides is 2. The van der Waals surface area contributed by atoms with E-state index in [1.165, 1.54) is 0 Å². The van der Waals surface area contributed by atoms with Crippen LogP contribution in [-0.2, 0) is 9.59 Å². The molecule has 2 amide bonds. The van der Waals surface area contributed by atoms with Crippen LogP contribution in [0.25, 0.3) is 0 Å². The van der Waals surface area contributed by atoms with Crippen molar-refractivity contribution in [2.75, 3.05) is 26.2 Å². The largest absolute Gasteiger partial charge is 0.353 e. The highest BCUT2D eigenvalue weighted by Gasteiger charge is 2.23. The lowest BCUT2D eigenvalue weighted by Crippen LogP contribution is -2.54. The van der Waals surface area contributed by atoms with Gasteiger partial charge in [-0.3, -0.25) is 9.59 Å². The van der Waals surface area contributed by atoms with Gasteiger partial charge in [-0.1, -0.05) is 12.2 Å². The standard InChI is InChI=1S/C12H20N4O2/c17-11-7-15-9-3-1-2-4-10(9)16-8-12(18)14-6-5-13-11/h1-2,9-10,15-16H,3-8H2,(H,13,17)(H,14,18). The molecule has 1 heterocycles. The van der Waals surface area contributed by atoms with E-state index in [9.17, 15) is 9.59 Å². The predicted octanol–water partition coefficient (Wildman–Crippen LogP) is -1.50. The molecule has 0 radical (unpaired) electrons. The Kier molecular flexibility index (Phi) is 4.72. The average molecular weight is 252 g/mol. The molecular formula is C12H20N4O2. The van der Waals surface area contributed by atoms with Gasteiger partial charge in [0.05, 0.1) is 13.1 Å². The minimum absolute atomic E-state index is 0.0295. The van der Waals surface area contributed by atoms with Gasteiger partial charge in [0, 0.05) is 25.2 Å². The van der Waals surface area contributed by atoms with E-state index in [1.54, 1.807) is 0 Å². The van der Waals surface area contributed by atoms with E-state index in [0.29, 0.717) is 26.2 Å². The Labute approximate surface area is 107 Å². The zero-order valence-corrected chi connectivity index (χ0v) is 10.4. The lowest BCUT2D eigenvalue weighted by atomic mass is 9.96. The SMILES string of the molecule is O=C1CNC2CC=CCC2NCC(=O)NCCN1. The first-order chi connectivity index (χ1) is 8.75. The first-order valence-electron chi connectivity index (χ1n) is 6.41. The molecule has 6 heteroatoms. The normalized spacial score (nSPS) is 30.4. The number of carbonyl (C=O) groups is 2. The minimum atomic E-state index is -0.0295. The molecule has 0 bridgehead atoms. The highest BCUT2D eigenvalue weighted by atomic mass is 16.2. The van der Waals surface area contributed by atoms with Crippen LogP contribution in [0.15, 0.2) is 12.2 Å². The van der Waals surface area contributed by atoms with Crippen LogP contribution >= 0.6 is 0 Å². The monoisotopic (exact) mass is 252 g/mol. The summed E-state index contributed by atoms with van der Waals surface area (Å²) >= 11 is 0. The molecule has 0 spiro atoms. The smallest absolute Gasteiger partial charge is 0.234 e. The number of rotatable bonds is 0. The number of fused-ring (bicyclic) bond motifs is 1. The van der Waals surface area contributed by atoms with Gasteiger partial charge < -0.3 is 21.3 Å². The molecule has 0 saturated carbocycles. The van der Waals surface area contributed by atoms with Gasteiger partial charge >= 0.3 is 0 Å². The molecule has 6 nitrogen and oxygen atoms in total. The highest BCUT2D eigenvalue weighted by Crippen LogP contribution is 2.11. The molecule has 18 heavy (non-hydrogen) atoms. The maximum atomic E-state index is 11.5. The summed E-state index contributed by atoms with van der Waals surface area (Å²) < 4.78 is 0. The zero-order valence-electron chi connectivity index (χ0n) is 10.4. The maximum Gasteiger partial charge on any atom is 0.234 e. The fraction of sp³-hybridized carbons (Fsp3) is 0.667. The first kappa shape index (κ1) is 13.0. The summed E-state index contributed by atoms with van der Waals surface area (Å²) in [5, 5.41) is 12.0. The molecule has 0 aromatic rings. The van der Waals surface area contributed by atoms with Crippen LogP contribution in [0.4, 0.5) is 0 Å². The molecule has 2 atom stereocenters. The topological polar surface area (TPSA) is 82.3 Å². The van der Waals surface area contributed by atoms with Gasteiger partial charge in [-0.15, -0.1) is 0 Å². The molecule has 4 N–H and O–H groups in total. The van der Waals surface area contributed by atoms with Crippen molar-refractivity contribution >= 4 is 11.8 Å². The van der Waals surface area contributed by atoms with Crippen LogP contribution in [0.3, 0.4) is 0 Å². The quantitative estimate of drug-likeness (QED) is 0.395. The molecule has 100 valence electrons. The van der Waals surface area contributed by atoms with Crippen molar-refractivity contribution in [2.45, 2.75) is 24.9 Å². The third-order valence-corrected chi connectivity index (χ3v) is 3.25. The number of carbonyl (C=O) groups excluding carboxylic acids is 2. The predicted molar refractivity (Wildman–Crippen MR) is 68.0 cm³/mol. The molecule has 1 aliphatic carbocycles. The van der Waals surface area contributed by atoms with E-state index in [2.05, 4.69) is 33.4 Å². The van der Waals surface area contributed by atoms with E-state index in [1.807, 2.05) is 0 Å². The summed E-state index contributed by atoms with van der Waals surface area (Å²) in [6.07, 6.45) is 5.98. The van der Waals surface area contributed by atoms with Crippen molar-refractivity contribution in [3.63, 3.8) is 0 Å². The van der Waals surface area contributed by atoms with Crippen molar-refractivity contribution in [3.05, 3.63) is 12.2 Å². The first-order valence-corrected chi connectivity index (χ1v) is 6.41. The summed E-state index contributed by atoms with van der Waals surface area (Å²) in [5.74, 6) is -0.0590. The number of nitrogens with one attached hydrogen (secondary N) is 4. The van der Waals surface area contributed by atoms with E-state index in [4.69, 9.17) is 0 Å². The van der Waals surface area contributed by atoms with Gasteiger partial charge in [-0.05, 0) is 12.8 Å². The van der Waals surface area contributed by atoms with Crippen molar-refractivity contribution in [1.82, 2.24) is 21.3 Å². The van der Waals surface area contributed by atoms with Gasteiger partial charge in [0.1, 0.15) is 0 Å². The van der Waals surface area contributed by atoms with Crippen molar-refractivity contribution in [3.8, 4) is 0 Å². The maximum absolute atomic E-state index is 11.5. The Morgan fingerprint density at radius 1 is 0.833 bits per heavy atom. The Morgan fingerprint density at radius 3 is 1.72 bits per heavy atom. The van der Waals surface area contributed by atoms with Crippen molar-refractivity contribution in [1.29, 1.82) is 0 Å². The Morgan fingerprint density at radius 2 is 1.28 bits per heavy atom. The van der Waals surface area contributed by atoms with Gasteiger partial charge in [-0.25, -0.2) is 0 Å². The second kappa shape index (κ2) is 6.51. The summed E-state index contributed by atoms with van der Waals surface area (Å²) in [7, 11) is 0. The number of hydrogen-bond acceptors (Lipinski definition) is 4. The Bertz CT molecular complexity index is 311. The van der Waals surface area contributed by atoms with Crippen molar-refractivity contribution in [2.24, 2.45) is 0 Å². The van der Waals surface area contributed by atoms with Crippen LogP contribution < -0.4 is 21.3 Å². The summed E-state index contributed by atoms with van der Waals surface area (Å²) in [6.45, 7) is 1.59. The molecule has 1 aliphatic heterocycles. The Balaban J connectivity index is 1.96. The molecular weight excluding hydrogens is 232 g/mol. The molecule has 0 aromatic heterocycles. The van der Waals surface area contributed by atoms with Crippen LogP contribution in [0, 0.1) is 0 Å². The van der Waals surface area contributed by atoms with Crippen LogP contribution in [0.5, 0.6) is 0 Å². The minimum Gasteiger partial charge on any atom is -0.353 e. The molecule has 0 aromatic carbocycles. The Hall–Kier alpha value is -1.40. The lowest BCUT2D eigenvalue weighted by molar-refractivity contribution is -0.122. The molecule has 2 aliphatic rings. The van der Waals surface area contributed by atoms with Crippen LogP contribution in [0.2, 0.25) is 0 Å². The lowest BCUT2D eigenvalue weighted by Gasteiger charge is -2.30. The van der Waals surface area contributed by atoms with E-state index in [0.717, 1.165) is 12.8 Å². The second-order valence-corrected chi connectivity index (χ2v) is 4.62. The van der Waals surface area contributed by atoms with Gasteiger partial charge in [0.25, 0.3) is 0 Å². The third kappa shape index (κ3) is 3.82.